The predicted molar refractivity (Wildman–Crippen MR) is 62.6 cm³/mol. The third-order valence-corrected chi connectivity index (χ3v) is 3.46. The van der Waals surface area contributed by atoms with Gasteiger partial charge >= 0.3 is 6.18 Å². The van der Waals surface area contributed by atoms with Crippen molar-refractivity contribution < 1.29 is 18.0 Å². The van der Waals surface area contributed by atoms with Gasteiger partial charge in [0.15, 0.2) is 0 Å². The van der Waals surface area contributed by atoms with Gasteiger partial charge in [0, 0.05) is 17.4 Å². The van der Waals surface area contributed by atoms with Crippen LogP contribution >= 0.6 is 11.6 Å². The van der Waals surface area contributed by atoms with Gasteiger partial charge in [-0.15, -0.1) is 0 Å². The van der Waals surface area contributed by atoms with E-state index >= 15 is 0 Å². The van der Waals surface area contributed by atoms with E-state index in [-0.39, 0.29) is 18.6 Å². The van der Waals surface area contributed by atoms with Crippen molar-refractivity contribution in [3.63, 3.8) is 0 Å². The van der Waals surface area contributed by atoms with Gasteiger partial charge in [0.25, 0.3) is 0 Å². The molecule has 1 atom stereocenters. The fourth-order valence-corrected chi connectivity index (χ4v) is 2.52. The quantitative estimate of drug-likeness (QED) is 0.710. The average Bonchev–Trinajstić information content (AvgIpc) is 2.37. The maximum atomic E-state index is 12.4. The lowest BCUT2D eigenvalue weighted by Crippen LogP contribution is -2.23. The van der Waals surface area contributed by atoms with E-state index in [1.54, 1.807) is 18.2 Å². The number of ketones is 1. The van der Waals surface area contributed by atoms with Crippen molar-refractivity contribution in [2.75, 3.05) is 0 Å². The number of rotatable bonds is 1. The molecule has 18 heavy (non-hydrogen) atoms. The molecule has 0 heterocycles. The van der Waals surface area contributed by atoms with Gasteiger partial charge in [-0.2, -0.15) is 13.2 Å². The Morgan fingerprint density at radius 2 is 2.00 bits per heavy atom. The largest absolute Gasteiger partial charge is 0.389 e. The molecule has 1 nitrogen and oxygen atoms in total. The van der Waals surface area contributed by atoms with Crippen LogP contribution in [0.4, 0.5) is 13.2 Å². The van der Waals surface area contributed by atoms with Crippen LogP contribution in [0.25, 0.3) is 0 Å². The van der Waals surface area contributed by atoms with Crippen molar-refractivity contribution in [3.8, 4) is 0 Å². The SMILES string of the molecule is O=C1Cc2cc(Cl)ccc2CCC1CC(F)(F)F. The van der Waals surface area contributed by atoms with Crippen molar-refractivity contribution in [2.45, 2.75) is 31.9 Å². The molecule has 0 radical (unpaired) electrons. The average molecular weight is 277 g/mol. The van der Waals surface area contributed by atoms with Crippen LogP contribution < -0.4 is 0 Å². The normalized spacial score (nSPS) is 20.4. The molecule has 1 aliphatic carbocycles. The molecule has 0 spiro atoms. The summed E-state index contributed by atoms with van der Waals surface area (Å²) in [6, 6.07) is 5.17. The summed E-state index contributed by atoms with van der Waals surface area (Å²) in [4.78, 5) is 11.8. The molecule has 0 saturated carbocycles. The first-order valence-corrected chi connectivity index (χ1v) is 6.10. The first-order valence-electron chi connectivity index (χ1n) is 5.72. The van der Waals surface area contributed by atoms with Gasteiger partial charge in [-0.05, 0) is 36.1 Å². The Hall–Kier alpha value is -1.03. The second-order valence-corrected chi connectivity index (χ2v) is 5.05. The number of aryl methyl sites for hydroxylation is 1. The monoisotopic (exact) mass is 276 g/mol. The molecule has 0 fully saturated rings. The standard InChI is InChI=1S/C13H12ClF3O/c14-11-4-3-8-1-2-9(7-13(15,16)17)12(18)6-10(8)5-11/h3-5,9H,1-2,6-7H2. The molecule has 2 rings (SSSR count). The van der Waals surface area contributed by atoms with Crippen LogP contribution in [-0.2, 0) is 17.6 Å². The zero-order valence-electron chi connectivity index (χ0n) is 9.56. The summed E-state index contributed by atoms with van der Waals surface area (Å²) in [7, 11) is 0. The molecule has 1 unspecified atom stereocenters. The zero-order chi connectivity index (χ0) is 13.3. The van der Waals surface area contributed by atoms with Crippen LogP contribution in [0.15, 0.2) is 18.2 Å². The molecule has 98 valence electrons. The summed E-state index contributed by atoms with van der Waals surface area (Å²) < 4.78 is 37.1. The number of hydrogen-bond donors (Lipinski definition) is 0. The van der Waals surface area contributed by atoms with Crippen molar-refractivity contribution in [1.82, 2.24) is 0 Å². The van der Waals surface area contributed by atoms with Gasteiger partial charge in [0.05, 0.1) is 6.42 Å². The molecule has 0 aliphatic heterocycles. The van der Waals surface area contributed by atoms with E-state index in [1.165, 1.54) is 0 Å². The van der Waals surface area contributed by atoms with Crippen molar-refractivity contribution in [1.29, 1.82) is 0 Å². The Kier molecular flexibility index (Phi) is 3.66. The minimum atomic E-state index is -4.28. The Balaban J connectivity index is 2.19. The topological polar surface area (TPSA) is 17.1 Å². The molecule has 0 bridgehead atoms. The molecule has 0 N–H and O–H groups in total. The number of benzene rings is 1. The number of Topliss-reactive ketones (excluding diaryl/α,β-unsaturated/α-hetero) is 1. The second-order valence-electron chi connectivity index (χ2n) is 4.61. The van der Waals surface area contributed by atoms with Crippen LogP contribution in [0.1, 0.15) is 24.0 Å². The van der Waals surface area contributed by atoms with Crippen LogP contribution in [-0.4, -0.2) is 12.0 Å². The lowest BCUT2D eigenvalue weighted by atomic mass is 9.94. The smallest absolute Gasteiger partial charge is 0.299 e. The number of alkyl halides is 3. The molecule has 0 saturated heterocycles. The van der Waals surface area contributed by atoms with E-state index < -0.39 is 18.5 Å². The van der Waals surface area contributed by atoms with Crippen molar-refractivity contribution >= 4 is 17.4 Å². The van der Waals surface area contributed by atoms with E-state index in [1.807, 2.05) is 0 Å². The molecule has 1 aromatic rings. The van der Waals surface area contributed by atoms with E-state index in [2.05, 4.69) is 0 Å². The minimum absolute atomic E-state index is 0.0522. The first kappa shape index (κ1) is 13.4. The highest BCUT2D eigenvalue weighted by atomic mass is 35.5. The molecular formula is C13H12ClF3O. The number of carbonyl (C=O) groups excluding carboxylic acids is 1. The van der Waals surface area contributed by atoms with Crippen LogP contribution in [0.3, 0.4) is 0 Å². The Morgan fingerprint density at radius 3 is 2.67 bits per heavy atom. The summed E-state index contributed by atoms with van der Waals surface area (Å²) in [6.07, 6.45) is -4.50. The fraction of sp³-hybridized carbons (Fsp3) is 0.462. The highest BCUT2D eigenvalue weighted by molar-refractivity contribution is 6.30. The minimum Gasteiger partial charge on any atom is -0.299 e. The third-order valence-electron chi connectivity index (χ3n) is 3.23. The number of hydrogen-bond acceptors (Lipinski definition) is 1. The summed E-state index contributed by atoms with van der Waals surface area (Å²) in [5.41, 5.74) is 1.69. The van der Waals surface area contributed by atoms with Gasteiger partial charge in [-0.3, -0.25) is 4.79 Å². The van der Waals surface area contributed by atoms with Crippen molar-refractivity contribution in [3.05, 3.63) is 34.3 Å². The lowest BCUT2D eigenvalue weighted by molar-refractivity contribution is -0.153. The van der Waals surface area contributed by atoms with E-state index in [4.69, 9.17) is 11.6 Å². The second kappa shape index (κ2) is 4.92. The highest BCUT2D eigenvalue weighted by Crippen LogP contribution is 2.32. The first-order chi connectivity index (χ1) is 8.35. The van der Waals surface area contributed by atoms with Crippen LogP contribution in [0, 0.1) is 5.92 Å². The lowest BCUT2D eigenvalue weighted by Gasteiger charge is -2.14. The van der Waals surface area contributed by atoms with Gasteiger partial charge < -0.3 is 0 Å². The van der Waals surface area contributed by atoms with Gasteiger partial charge in [-0.1, -0.05) is 17.7 Å². The predicted octanol–water partition coefficient (Wildman–Crippen LogP) is 3.97. The molecule has 0 aromatic heterocycles. The summed E-state index contributed by atoms with van der Waals surface area (Å²) >= 11 is 5.83. The maximum absolute atomic E-state index is 12.4. The van der Waals surface area contributed by atoms with E-state index in [9.17, 15) is 18.0 Å². The summed E-state index contributed by atoms with van der Waals surface area (Å²) in [5, 5.41) is 0.510. The van der Waals surface area contributed by atoms with Crippen molar-refractivity contribution in [2.24, 2.45) is 5.92 Å². The summed E-state index contributed by atoms with van der Waals surface area (Å²) in [5.74, 6) is -1.26. The number of carbonyl (C=O) groups is 1. The maximum Gasteiger partial charge on any atom is 0.389 e. The number of fused-ring (bicyclic) bond motifs is 1. The van der Waals surface area contributed by atoms with Crippen LogP contribution in [0.2, 0.25) is 5.02 Å². The van der Waals surface area contributed by atoms with Gasteiger partial charge in [0.1, 0.15) is 5.78 Å². The number of halogens is 4. The van der Waals surface area contributed by atoms with E-state index in [0.717, 1.165) is 11.1 Å². The highest BCUT2D eigenvalue weighted by Gasteiger charge is 2.36. The van der Waals surface area contributed by atoms with E-state index in [0.29, 0.717) is 11.4 Å². The Labute approximate surface area is 108 Å². The summed E-state index contributed by atoms with van der Waals surface area (Å²) in [6.45, 7) is 0. The zero-order valence-corrected chi connectivity index (χ0v) is 10.3. The molecule has 5 heteroatoms. The Morgan fingerprint density at radius 1 is 1.28 bits per heavy atom. The van der Waals surface area contributed by atoms with Crippen LogP contribution in [0.5, 0.6) is 0 Å². The molecular weight excluding hydrogens is 265 g/mol. The van der Waals surface area contributed by atoms with Gasteiger partial charge in [0.2, 0.25) is 0 Å². The fourth-order valence-electron chi connectivity index (χ4n) is 2.32. The van der Waals surface area contributed by atoms with Gasteiger partial charge in [-0.25, -0.2) is 0 Å². The molecule has 1 aliphatic rings. The molecule has 0 amide bonds. The third kappa shape index (κ3) is 3.25. The molecule has 1 aromatic carbocycles. The Bertz CT molecular complexity index is 468.